The van der Waals surface area contributed by atoms with Crippen molar-refractivity contribution in [2.45, 2.75) is 44.9 Å². The highest BCUT2D eigenvalue weighted by Crippen LogP contribution is 2.38. The van der Waals surface area contributed by atoms with Gasteiger partial charge in [0.15, 0.2) is 4.21 Å². The monoisotopic (exact) mass is 447 g/mol. The summed E-state index contributed by atoms with van der Waals surface area (Å²) in [5.74, 6) is 1.27. The third kappa shape index (κ3) is 4.91. The van der Waals surface area contributed by atoms with Crippen molar-refractivity contribution in [2.75, 3.05) is 0 Å². The highest BCUT2D eigenvalue weighted by Gasteiger charge is 2.27. The van der Waals surface area contributed by atoms with Gasteiger partial charge in [-0.1, -0.05) is 32.0 Å². The highest BCUT2D eigenvalue weighted by molar-refractivity contribution is 7.89. The van der Waals surface area contributed by atoms with E-state index in [9.17, 15) is 13.2 Å². The van der Waals surface area contributed by atoms with Gasteiger partial charge in [-0.25, -0.2) is 9.78 Å². The largest absolute Gasteiger partial charge is 0.420 e. The van der Waals surface area contributed by atoms with Gasteiger partial charge in [-0.3, -0.25) is 0 Å². The van der Waals surface area contributed by atoms with Crippen molar-refractivity contribution in [1.29, 1.82) is 0 Å². The van der Waals surface area contributed by atoms with Gasteiger partial charge in [0.05, 0.1) is 0 Å². The van der Waals surface area contributed by atoms with Crippen LogP contribution in [0.4, 0.5) is 4.79 Å². The van der Waals surface area contributed by atoms with E-state index in [4.69, 9.17) is 5.73 Å². The van der Waals surface area contributed by atoms with Gasteiger partial charge in [-0.15, -0.1) is 11.3 Å². The lowest BCUT2D eigenvalue weighted by Crippen LogP contribution is -2.18. The molecule has 7 nitrogen and oxygen atoms in total. The second-order valence-electron chi connectivity index (χ2n) is 7.62. The summed E-state index contributed by atoms with van der Waals surface area (Å²) >= 11 is 1.12. The Labute approximate surface area is 180 Å². The summed E-state index contributed by atoms with van der Waals surface area (Å²) < 4.78 is 31.8. The molecule has 30 heavy (non-hydrogen) atoms. The van der Waals surface area contributed by atoms with Gasteiger partial charge in [0, 0.05) is 29.4 Å². The molecular formula is C21H25N3O4S2. The third-order valence-corrected chi connectivity index (χ3v) is 7.51. The summed E-state index contributed by atoms with van der Waals surface area (Å²) in [6, 6.07) is 7.76. The number of imidazole rings is 1. The molecule has 0 aliphatic heterocycles. The minimum absolute atomic E-state index is 0.00162. The standard InChI is InChI=1S/C21H25N3O4S2/c1-13(2)9-17-11-19(20(29-17)30(26,27)28-21(22)25)18-6-5-16(10-14(18)3)12-24-8-7-23-15(24)4/h5-8,10-11,13H,9,12H2,1-4H3,(H2,22,25). The molecule has 9 heteroatoms. The Morgan fingerprint density at radius 3 is 2.53 bits per heavy atom. The predicted molar refractivity (Wildman–Crippen MR) is 117 cm³/mol. The van der Waals surface area contributed by atoms with Crippen LogP contribution in [0.5, 0.6) is 0 Å². The molecule has 3 aromatic rings. The summed E-state index contributed by atoms with van der Waals surface area (Å²) in [6.07, 6.45) is 3.05. The number of aryl methyl sites for hydroxylation is 2. The molecule has 0 fully saturated rings. The number of benzene rings is 1. The van der Waals surface area contributed by atoms with Crippen molar-refractivity contribution in [2.24, 2.45) is 11.7 Å². The number of nitrogens with two attached hydrogens (primary N) is 1. The average Bonchev–Trinajstić information content (AvgIpc) is 3.20. The summed E-state index contributed by atoms with van der Waals surface area (Å²) in [5, 5.41) is 0. The summed E-state index contributed by atoms with van der Waals surface area (Å²) in [7, 11) is -4.30. The van der Waals surface area contributed by atoms with Crippen LogP contribution < -0.4 is 5.73 Å². The van der Waals surface area contributed by atoms with Crippen molar-refractivity contribution in [3.63, 3.8) is 0 Å². The van der Waals surface area contributed by atoms with Crippen LogP contribution in [0, 0.1) is 19.8 Å². The van der Waals surface area contributed by atoms with Crippen LogP contribution in [0.25, 0.3) is 11.1 Å². The van der Waals surface area contributed by atoms with E-state index in [2.05, 4.69) is 23.0 Å². The van der Waals surface area contributed by atoms with Crippen molar-refractivity contribution >= 4 is 27.5 Å². The fraction of sp³-hybridized carbons (Fsp3) is 0.333. The summed E-state index contributed by atoms with van der Waals surface area (Å²) in [5.41, 5.74) is 8.28. The molecule has 0 aliphatic carbocycles. The lowest BCUT2D eigenvalue weighted by atomic mass is 9.99. The number of carbonyl (C=O) groups is 1. The predicted octanol–water partition coefficient (Wildman–Crippen LogP) is 4.26. The minimum Gasteiger partial charge on any atom is -0.334 e. The second kappa shape index (κ2) is 8.61. The molecular weight excluding hydrogens is 422 g/mol. The molecule has 2 heterocycles. The van der Waals surface area contributed by atoms with Gasteiger partial charge in [-0.05, 0) is 48.9 Å². The number of aromatic nitrogens is 2. The van der Waals surface area contributed by atoms with E-state index in [1.165, 1.54) is 0 Å². The molecule has 2 aromatic heterocycles. The second-order valence-corrected chi connectivity index (χ2v) is 10.5. The zero-order valence-electron chi connectivity index (χ0n) is 17.4. The number of rotatable bonds is 7. The van der Waals surface area contributed by atoms with Crippen LogP contribution in [-0.2, 0) is 27.3 Å². The van der Waals surface area contributed by atoms with Crippen LogP contribution in [0.2, 0.25) is 0 Å². The van der Waals surface area contributed by atoms with Gasteiger partial charge in [0.2, 0.25) is 0 Å². The van der Waals surface area contributed by atoms with Crippen molar-refractivity contribution < 1.29 is 17.4 Å². The molecule has 1 aromatic carbocycles. The van der Waals surface area contributed by atoms with Crippen molar-refractivity contribution in [3.05, 3.63) is 58.5 Å². The maximum Gasteiger partial charge on any atom is 0.420 e. The zero-order chi connectivity index (χ0) is 22.1. The van der Waals surface area contributed by atoms with Crippen LogP contribution in [0.1, 0.15) is 35.7 Å². The first-order valence-corrected chi connectivity index (χ1v) is 11.7. The van der Waals surface area contributed by atoms with E-state index >= 15 is 0 Å². The van der Waals surface area contributed by atoms with Crippen LogP contribution >= 0.6 is 11.3 Å². The molecule has 160 valence electrons. The smallest absolute Gasteiger partial charge is 0.334 e. The third-order valence-electron chi connectivity index (χ3n) is 4.63. The fourth-order valence-corrected chi connectivity index (χ4v) is 6.01. The van der Waals surface area contributed by atoms with E-state index in [1.807, 2.05) is 48.9 Å². The molecule has 0 radical (unpaired) electrons. The minimum atomic E-state index is -4.30. The number of hydrogen-bond donors (Lipinski definition) is 1. The molecule has 0 aliphatic rings. The number of primary amides is 1. The zero-order valence-corrected chi connectivity index (χ0v) is 19.0. The number of hydrogen-bond acceptors (Lipinski definition) is 6. The Bertz CT molecular complexity index is 1180. The first kappa shape index (κ1) is 22.0. The van der Waals surface area contributed by atoms with E-state index in [0.717, 1.165) is 45.1 Å². The Balaban J connectivity index is 2.04. The molecule has 1 amide bonds. The molecule has 2 N–H and O–H groups in total. The summed E-state index contributed by atoms with van der Waals surface area (Å²) in [4.78, 5) is 16.3. The Kier molecular flexibility index (Phi) is 6.33. The highest BCUT2D eigenvalue weighted by atomic mass is 32.3. The molecule has 0 atom stereocenters. The number of amides is 1. The van der Waals surface area contributed by atoms with Gasteiger partial charge in [-0.2, -0.15) is 8.42 Å². The number of carbonyl (C=O) groups excluding carboxylic acids is 1. The quantitative estimate of drug-likeness (QED) is 0.545. The van der Waals surface area contributed by atoms with Crippen LogP contribution in [0.15, 0.2) is 40.9 Å². The van der Waals surface area contributed by atoms with Gasteiger partial charge in [0.1, 0.15) is 5.82 Å². The van der Waals surface area contributed by atoms with Gasteiger partial charge >= 0.3 is 16.2 Å². The summed E-state index contributed by atoms with van der Waals surface area (Å²) in [6.45, 7) is 8.67. The topological polar surface area (TPSA) is 104 Å². The first-order chi connectivity index (χ1) is 14.1. The maximum atomic E-state index is 12.6. The van der Waals surface area contributed by atoms with Gasteiger partial charge in [0.25, 0.3) is 0 Å². The molecule has 0 saturated carbocycles. The van der Waals surface area contributed by atoms with E-state index in [-0.39, 0.29) is 4.21 Å². The normalized spacial score (nSPS) is 11.8. The average molecular weight is 448 g/mol. The van der Waals surface area contributed by atoms with E-state index in [0.29, 0.717) is 18.0 Å². The lowest BCUT2D eigenvalue weighted by Gasteiger charge is -2.11. The molecule has 0 bridgehead atoms. The van der Waals surface area contributed by atoms with Crippen LogP contribution in [0.3, 0.4) is 0 Å². The van der Waals surface area contributed by atoms with Crippen molar-refractivity contribution in [1.82, 2.24) is 9.55 Å². The SMILES string of the molecule is Cc1cc(Cn2ccnc2C)ccc1-c1cc(CC(C)C)sc1S(=O)(=O)OC(N)=O. The lowest BCUT2D eigenvalue weighted by molar-refractivity contribution is 0.213. The Morgan fingerprint density at radius 2 is 1.97 bits per heavy atom. The number of thiophene rings is 1. The fourth-order valence-electron chi connectivity index (χ4n) is 3.34. The Hall–Kier alpha value is -2.65. The van der Waals surface area contributed by atoms with E-state index < -0.39 is 16.2 Å². The molecule has 0 spiro atoms. The van der Waals surface area contributed by atoms with Crippen molar-refractivity contribution in [3.8, 4) is 11.1 Å². The molecule has 3 rings (SSSR count). The molecule has 0 unspecified atom stereocenters. The van der Waals surface area contributed by atoms with E-state index in [1.54, 1.807) is 6.20 Å². The Morgan fingerprint density at radius 1 is 1.23 bits per heavy atom. The molecule has 0 saturated heterocycles. The first-order valence-electron chi connectivity index (χ1n) is 9.51. The van der Waals surface area contributed by atoms with Gasteiger partial charge < -0.3 is 14.5 Å². The number of nitrogens with zero attached hydrogens (tertiary/aromatic N) is 2. The maximum absolute atomic E-state index is 12.6. The van der Waals surface area contributed by atoms with Crippen LogP contribution in [-0.4, -0.2) is 24.1 Å².